The Labute approximate surface area is 140 Å². The van der Waals surface area contributed by atoms with Crippen LogP contribution in [0.1, 0.15) is 24.5 Å². The van der Waals surface area contributed by atoms with Gasteiger partial charge in [0, 0.05) is 57.0 Å². The van der Waals surface area contributed by atoms with Gasteiger partial charge < -0.3 is 9.47 Å². The summed E-state index contributed by atoms with van der Waals surface area (Å²) in [4.78, 5) is 24.5. The molecule has 0 aliphatic carbocycles. The van der Waals surface area contributed by atoms with Crippen LogP contribution in [0.5, 0.6) is 0 Å². The number of hydrogen-bond acceptors (Lipinski definition) is 6. The van der Waals surface area contributed by atoms with Gasteiger partial charge in [0.1, 0.15) is 5.69 Å². The first-order valence-corrected chi connectivity index (χ1v) is 8.13. The fourth-order valence-corrected chi connectivity index (χ4v) is 3.15. The molecule has 0 bridgehead atoms. The average Bonchev–Trinajstić information content (AvgIpc) is 3.09. The Kier molecular flexibility index (Phi) is 3.90. The summed E-state index contributed by atoms with van der Waals surface area (Å²) in [6.45, 7) is 1.84. The molecule has 1 saturated heterocycles. The van der Waals surface area contributed by atoms with Gasteiger partial charge in [-0.25, -0.2) is 19.9 Å². The summed E-state index contributed by atoms with van der Waals surface area (Å²) < 4.78 is 1.96. The molecule has 24 heavy (non-hydrogen) atoms. The van der Waals surface area contributed by atoms with Gasteiger partial charge >= 0.3 is 0 Å². The Morgan fingerprint density at radius 2 is 1.96 bits per heavy atom. The Hall–Kier alpha value is -2.83. The van der Waals surface area contributed by atoms with E-state index in [0.717, 1.165) is 49.1 Å². The molecule has 0 aromatic carbocycles. The van der Waals surface area contributed by atoms with Crippen LogP contribution >= 0.6 is 0 Å². The SMILES string of the molecule is Cn1ccnc1-c1cncc([C@H]2CCCN(c3ncccn3)C2)n1. The molecule has 1 atom stereocenters. The first-order chi connectivity index (χ1) is 11.8. The van der Waals surface area contributed by atoms with E-state index in [1.807, 2.05) is 30.1 Å². The van der Waals surface area contributed by atoms with Gasteiger partial charge in [0.25, 0.3) is 0 Å². The van der Waals surface area contributed by atoms with E-state index in [2.05, 4.69) is 24.8 Å². The van der Waals surface area contributed by atoms with Crippen LogP contribution in [0.3, 0.4) is 0 Å². The average molecular weight is 321 g/mol. The van der Waals surface area contributed by atoms with Gasteiger partial charge in [-0.15, -0.1) is 0 Å². The van der Waals surface area contributed by atoms with Gasteiger partial charge in [-0.1, -0.05) is 0 Å². The molecule has 4 rings (SSSR count). The third-order valence-corrected chi connectivity index (χ3v) is 4.38. The highest BCUT2D eigenvalue weighted by Crippen LogP contribution is 2.28. The fourth-order valence-electron chi connectivity index (χ4n) is 3.15. The zero-order chi connectivity index (χ0) is 16.4. The van der Waals surface area contributed by atoms with Crippen LogP contribution in [0.2, 0.25) is 0 Å². The standard InChI is InChI=1S/C17H19N7/c1-23-9-7-19-16(23)15-11-18-10-14(22-15)13-4-2-8-24(12-13)17-20-5-3-6-21-17/h3,5-7,9-11,13H,2,4,8,12H2,1H3/t13-/m0/s1. The van der Waals surface area contributed by atoms with Crippen LogP contribution < -0.4 is 4.90 Å². The van der Waals surface area contributed by atoms with Crippen molar-refractivity contribution in [3.8, 4) is 11.5 Å². The highest BCUT2D eigenvalue weighted by Gasteiger charge is 2.24. The first kappa shape index (κ1) is 14.7. The van der Waals surface area contributed by atoms with Crippen molar-refractivity contribution in [2.24, 2.45) is 7.05 Å². The van der Waals surface area contributed by atoms with E-state index in [0.29, 0.717) is 5.92 Å². The molecule has 3 aromatic rings. The summed E-state index contributed by atoms with van der Waals surface area (Å²) in [6.07, 6.45) is 13.1. The molecule has 3 aromatic heterocycles. The molecule has 0 spiro atoms. The van der Waals surface area contributed by atoms with E-state index in [4.69, 9.17) is 4.98 Å². The van der Waals surface area contributed by atoms with Crippen molar-refractivity contribution in [3.05, 3.63) is 48.9 Å². The Balaban J connectivity index is 1.58. The highest BCUT2D eigenvalue weighted by atomic mass is 15.3. The summed E-state index contributed by atoms with van der Waals surface area (Å²) >= 11 is 0. The second-order valence-corrected chi connectivity index (χ2v) is 6.02. The molecule has 1 aliphatic heterocycles. The molecule has 0 saturated carbocycles. The largest absolute Gasteiger partial charge is 0.340 e. The lowest BCUT2D eigenvalue weighted by Crippen LogP contribution is -2.35. The van der Waals surface area contributed by atoms with Gasteiger partial charge in [-0.05, 0) is 18.9 Å². The monoisotopic (exact) mass is 321 g/mol. The van der Waals surface area contributed by atoms with E-state index < -0.39 is 0 Å². The van der Waals surface area contributed by atoms with Crippen molar-refractivity contribution in [2.45, 2.75) is 18.8 Å². The third-order valence-electron chi connectivity index (χ3n) is 4.38. The van der Waals surface area contributed by atoms with Crippen molar-refractivity contribution in [1.82, 2.24) is 29.5 Å². The van der Waals surface area contributed by atoms with Crippen molar-refractivity contribution in [2.75, 3.05) is 18.0 Å². The van der Waals surface area contributed by atoms with E-state index in [9.17, 15) is 0 Å². The van der Waals surface area contributed by atoms with Crippen LogP contribution in [0, 0.1) is 0 Å². The summed E-state index contributed by atoms with van der Waals surface area (Å²) in [5, 5.41) is 0. The molecular formula is C17H19N7. The van der Waals surface area contributed by atoms with Gasteiger partial charge in [-0.2, -0.15) is 0 Å². The second-order valence-electron chi connectivity index (χ2n) is 6.02. The van der Waals surface area contributed by atoms with Crippen molar-refractivity contribution >= 4 is 5.95 Å². The summed E-state index contributed by atoms with van der Waals surface area (Å²) in [5.41, 5.74) is 1.82. The Bertz CT molecular complexity index is 815. The van der Waals surface area contributed by atoms with Gasteiger partial charge in [-0.3, -0.25) is 4.98 Å². The molecule has 0 amide bonds. The number of aromatic nitrogens is 6. The Morgan fingerprint density at radius 3 is 2.75 bits per heavy atom. The maximum atomic E-state index is 4.81. The molecule has 1 aliphatic rings. The minimum atomic E-state index is 0.329. The molecule has 122 valence electrons. The molecule has 1 fully saturated rings. The second kappa shape index (κ2) is 6.35. The normalized spacial score (nSPS) is 17.9. The third kappa shape index (κ3) is 2.84. The molecule has 4 heterocycles. The zero-order valence-corrected chi connectivity index (χ0v) is 13.6. The maximum absolute atomic E-state index is 4.81. The number of rotatable bonds is 3. The minimum Gasteiger partial charge on any atom is -0.340 e. The number of anilines is 1. The predicted molar refractivity (Wildman–Crippen MR) is 90.5 cm³/mol. The van der Waals surface area contributed by atoms with Crippen LogP contribution in [0.25, 0.3) is 11.5 Å². The lowest BCUT2D eigenvalue weighted by Gasteiger charge is -2.32. The number of hydrogen-bond donors (Lipinski definition) is 0. The molecule has 0 N–H and O–H groups in total. The fraction of sp³-hybridized carbons (Fsp3) is 0.353. The van der Waals surface area contributed by atoms with Gasteiger partial charge in [0.2, 0.25) is 5.95 Å². The van der Waals surface area contributed by atoms with Crippen LogP contribution in [-0.4, -0.2) is 42.6 Å². The quantitative estimate of drug-likeness (QED) is 0.735. The summed E-state index contributed by atoms with van der Waals surface area (Å²) in [5.74, 6) is 1.95. The van der Waals surface area contributed by atoms with Crippen LogP contribution in [-0.2, 0) is 7.05 Å². The van der Waals surface area contributed by atoms with E-state index in [1.54, 1.807) is 24.8 Å². The molecule has 0 radical (unpaired) electrons. The smallest absolute Gasteiger partial charge is 0.225 e. The highest BCUT2D eigenvalue weighted by molar-refractivity contribution is 5.48. The molecule has 7 nitrogen and oxygen atoms in total. The number of imidazole rings is 1. The Morgan fingerprint density at radius 1 is 1.08 bits per heavy atom. The predicted octanol–water partition coefficient (Wildman–Crippen LogP) is 2.05. The van der Waals surface area contributed by atoms with Crippen LogP contribution in [0.4, 0.5) is 5.95 Å². The lowest BCUT2D eigenvalue weighted by molar-refractivity contribution is 0.494. The van der Waals surface area contributed by atoms with Gasteiger partial charge in [0.05, 0.1) is 11.9 Å². The van der Waals surface area contributed by atoms with Crippen LogP contribution in [0.15, 0.2) is 43.2 Å². The summed E-state index contributed by atoms with van der Waals surface area (Å²) in [6, 6.07) is 1.84. The molecular weight excluding hydrogens is 302 g/mol. The van der Waals surface area contributed by atoms with Crippen molar-refractivity contribution in [3.63, 3.8) is 0 Å². The molecule has 7 heteroatoms. The van der Waals surface area contributed by atoms with Crippen molar-refractivity contribution in [1.29, 1.82) is 0 Å². The van der Waals surface area contributed by atoms with E-state index in [-0.39, 0.29) is 0 Å². The van der Waals surface area contributed by atoms with E-state index >= 15 is 0 Å². The minimum absolute atomic E-state index is 0.329. The van der Waals surface area contributed by atoms with Gasteiger partial charge in [0.15, 0.2) is 5.82 Å². The van der Waals surface area contributed by atoms with E-state index in [1.165, 1.54) is 0 Å². The number of nitrogens with zero attached hydrogens (tertiary/aromatic N) is 7. The first-order valence-electron chi connectivity index (χ1n) is 8.13. The number of piperidine rings is 1. The topological polar surface area (TPSA) is 72.6 Å². The molecule has 0 unspecified atom stereocenters. The zero-order valence-electron chi connectivity index (χ0n) is 13.6. The lowest BCUT2D eigenvalue weighted by atomic mass is 9.95. The number of aryl methyl sites for hydroxylation is 1. The van der Waals surface area contributed by atoms with Crippen molar-refractivity contribution < 1.29 is 0 Å². The summed E-state index contributed by atoms with van der Waals surface area (Å²) in [7, 11) is 1.96. The maximum Gasteiger partial charge on any atom is 0.225 e.